The van der Waals surface area contributed by atoms with Crippen molar-refractivity contribution in [3.63, 3.8) is 0 Å². The van der Waals surface area contributed by atoms with Crippen molar-refractivity contribution in [3.05, 3.63) is 48.0 Å². The SMILES string of the molecule is COc1ccc(C2CNCCN2Cc2ncc[nH]2)cc1. The number of aromatic nitrogens is 2. The molecule has 20 heavy (non-hydrogen) atoms. The normalized spacial score (nSPS) is 19.9. The molecule has 1 atom stereocenters. The van der Waals surface area contributed by atoms with Crippen molar-refractivity contribution < 1.29 is 4.74 Å². The van der Waals surface area contributed by atoms with Crippen LogP contribution in [0.15, 0.2) is 36.7 Å². The van der Waals surface area contributed by atoms with Gasteiger partial charge in [-0.1, -0.05) is 12.1 Å². The van der Waals surface area contributed by atoms with E-state index in [1.165, 1.54) is 5.56 Å². The van der Waals surface area contributed by atoms with Gasteiger partial charge in [-0.25, -0.2) is 4.98 Å². The molecule has 0 bridgehead atoms. The smallest absolute Gasteiger partial charge is 0.120 e. The van der Waals surface area contributed by atoms with E-state index < -0.39 is 0 Å². The Kier molecular flexibility index (Phi) is 3.99. The number of H-pyrrole nitrogens is 1. The van der Waals surface area contributed by atoms with Gasteiger partial charge in [0.2, 0.25) is 0 Å². The maximum atomic E-state index is 5.22. The van der Waals surface area contributed by atoms with Crippen LogP contribution in [-0.4, -0.2) is 41.6 Å². The summed E-state index contributed by atoms with van der Waals surface area (Å²) in [6.07, 6.45) is 3.68. The van der Waals surface area contributed by atoms with E-state index in [1.54, 1.807) is 13.3 Å². The van der Waals surface area contributed by atoms with E-state index in [2.05, 4.69) is 32.3 Å². The Morgan fingerprint density at radius 2 is 2.20 bits per heavy atom. The Morgan fingerprint density at radius 3 is 2.90 bits per heavy atom. The van der Waals surface area contributed by atoms with Crippen molar-refractivity contribution in [2.75, 3.05) is 26.7 Å². The van der Waals surface area contributed by atoms with Gasteiger partial charge >= 0.3 is 0 Å². The second kappa shape index (κ2) is 6.07. The van der Waals surface area contributed by atoms with Crippen LogP contribution in [0.4, 0.5) is 0 Å². The number of hydrogen-bond acceptors (Lipinski definition) is 4. The molecule has 106 valence electrons. The zero-order chi connectivity index (χ0) is 13.8. The first-order valence-corrected chi connectivity index (χ1v) is 6.94. The fourth-order valence-electron chi connectivity index (χ4n) is 2.67. The van der Waals surface area contributed by atoms with Crippen molar-refractivity contribution in [1.29, 1.82) is 0 Å². The quantitative estimate of drug-likeness (QED) is 0.887. The van der Waals surface area contributed by atoms with Gasteiger partial charge in [-0.05, 0) is 17.7 Å². The number of nitrogens with zero attached hydrogens (tertiary/aromatic N) is 2. The topological polar surface area (TPSA) is 53.2 Å². The minimum atomic E-state index is 0.375. The minimum Gasteiger partial charge on any atom is -0.497 e. The molecular formula is C15H20N4O. The highest BCUT2D eigenvalue weighted by molar-refractivity contribution is 5.29. The van der Waals surface area contributed by atoms with Gasteiger partial charge < -0.3 is 15.0 Å². The van der Waals surface area contributed by atoms with E-state index in [0.717, 1.165) is 37.8 Å². The van der Waals surface area contributed by atoms with Crippen LogP contribution >= 0.6 is 0 Å². The molecule has 5 heteroatoms. The molecule has 2 aromatic rings. The molecule has 0 radical (unpaired) electrons. The average molecular weight is 272 g/mol. The van der Waals surface area contributed by atoms with E-state index in [9.17, 15) is 0 Å². The van der Waals surface area contributed by atoms with E-state index in [4.69, 9.17) is 4.74 Å². The Balaban J connectivity index is 1.77. The molecule has 1 aliphatic heterocycles. The number of imidazole rings is 1. The summed E-state index contributed by atoms with van der Waals surface area (Å²) in [5, 5.41) is 3.47. The number of rotatable bonds is 4. The fraction of sp³-hybridized carbons (Fsp3) is 0.400. The van der Waals surface area contributed by atoms with Crippen molar-refractivity contribution in [2.45, 2.75) is 12.6 Å². The number of nitrogens with one attached hydrogen (secondary N) is 2. The van der Waals surface area contributed by atoms with Crippen LogP contribution in [0.25, 0.3) is 0 Å². The second-order valence-electron chi connectivity index (χ2n) is 5.00. The third-order valence-corrected chi connectivity index (χ3v) is 3.76. The van der Waals surface area contributed by atoms with Gasteiger partial charge in [-0.15, -0.1) is 0 Å². The van der Waals surface area contributed by atoms with E-state index in [1.807, 2.05) is 18.3 Å². The lowest BCUT2D eigenvalue weighted by Crippen LogP contribution is -2.45. The van der Waals surface area contributed by atoms with E-state index in [-0.39, 0.29) is 0 Å². The summed E-state index contributed by atoms with van der Waals surface area (Å²) in [6, 6.07) is 8.71. The molecule has 5 nitrogen and oxygen atoms in total. The van der Waals surface area contributed by atoms with Gasteiger partial charge in [0.25, 0.3) is 0 Å². The van der Waals surface area contributed by atoms with E-state index in [0.29, 0.717) is 6.04 Å². The van der Waals surface area contributed by atoms with Crippen molar-refractivity contribution in [2.24, 2.45) is 0 Å². The van der Waals surface area contributed by atoms with Crippen LogP contribution in [-0.2, 0) is 6.54 Å². The van der Waals surface area contributed by atoms with Gasteiger partial charge in [0.05, 0.1) is 13.7 Å². The first-order chi connectivity index (χ1) is 9.86. The molecule has 1 aromatic heterocycles. The molecule has 0 saturated carbocycles. The number of ether oxygens (including phenoxy) is 1. The van der Waals surface area contributed by atoms with Gasteiger partial charge in [-0.2, -0.15) is 0 Å². The Labute approximate surface area is 119 Å². The van der Waals surface area contributed by atoms with E-state index >= 15 is 0 Å². The van der Waals surface area contributed by atoms with Crippen LogP contribution in [0.1, 0.15) is 17.4 Å². The summed E-state index contributed by atoms with van der Waals surface area (Å²) in [7, 11) is 1.69. The number of aromatic amines is 1. The van der Waals surface area contributed by atoms with Crippen LogP contribution < -0.4 is 10.1 Å². The summed E-state index contributed by atoms with van der Waals surface area (Å²) >= 11 is 0. The first-order valence-electron chi connectivity index (χ1n) is 6.94. The maximum Gasteiger partial charge on any atom is 0.120 e. The minimum absolute atomic E-state index is 0.375. The number of methoxy groups -OCH3 is 1. The molecule has 2 heterocycles. The number of benzene rings is 1. The Bertz CT molecular complexity index is 523. The Hall–Kier alpha value is -1.85. The lowest BCUT2D eigenvalue weighted by Gasteiger charge is -2.36. The highest BCUT2D eigenvalue weighted by atomic mass is 16.5. The number of hydrogen-bond donors (Lipinski definition) is 2. The lowest BCUT2D eigenvalue weighted by molar-refractivity contribution is 0.150. The zero-order valence-electron chi connectivity index (χ0n) is 11.7. The lowest BCUT2D eigenvalue weighted by atomic mass is 10.0. The van der Waals surface area contributed by atoms with Gasteiger partial charge in [0.1, 0.15) is 11.6 Å². The summed E-state index contributed by atoms with van der Waals surface area (Å²) in [6.45, 7) is 3.86. The van der Waals surface area contributed by atoms with Crippen LogP contribution in [0.3, 0.4) is 0 Å². The third kappa shape index (κ3) is 2.84. The maximum absolute atomic E-state index is 5.22. The largest absolute Gasteiger partial charge is 0.497 e. The molecular weight excluding hydrogens is 252 g/mol. The molecule has 1 saturated heterocycles. The number of piperazine rings is 1. The highest BCUT2D eigenvalue weighted by Gasteiger charge is 2.24. The summed E-state index contributed by atoms with van der Waals surface area (Å²) in [5.74, 6) is 1.92. The van der Waals surface area contributed by atoms with Crippen LogP contribution in [0.5, 0.6) is 5.75 Å². The Morgan fingerprint density at radius 1 is 1.35 bits per heavy atom. The molecule has 1 aliphatic rings. The molecule has 0 aliphatic carbocycles. The van der Waals surface area contributed by atoms with Gasteiger partial charge in [-0.3, -0.25) is 4.90 Å². The van der Waals surface area contributed by atoms with Gasteiger partial charge in [0.15, 0.2) is 0 Å². The summed E-state index contributed by atoms with van der Waals surface area (Å²) in [4.78, 5) is 9.97. The molecule has 1 unspecified atom stereocenters. The third-order valence-electron chi connectivity index (χ3n) is 3.76. The summed E-state index contributed by atoms with van der Waals surface area (Å²) < 4.78 is 5.22. The van der Waals surface area contributed by atoms with Crippen LogP contribution in [0, 0.1) is 0 Å². The molecule has 1 fully saturated rings. The highest BCUT2D eigenvalue weighted by Crippen LogP contribution is 2.25. The zero-order valence-corrected chi connectivity index (χ0v) is 11.7. The standard InChI is InChI=1S/C15H20N4O/c1-20-13-4-2-12(3-5-13)14-10-16-8-9-19(14)11-15-17-6-7-18-15/h2-7,14,16H,8-11H2,1H3,(H,17,18). The monoisotopic (exact) mass is 272 g/mol. The first kappa shape index (κ1) is 13.1. The molecule has 1 aromatic carbocycles. The molecule has 2 N–H and O–H groups in total. The van der Waals surface area contributed by atoms with Crippen molar-refractivity contribution >= 4 is 0 Å². The van der Waals surface area contributed by atoms with Gasteiger partial charge in [0, 0.05) is 38.1 Å². The predicted molar refractivity (Wildman–Crippen MR) is 77.6 cm³/mol. The van der Waals surface area contributed by atoms with Crippen LogP contribution in [0.2, 0.25) is 0 Å². The second-order valence-corrected chi connectivity index (χ2v) is 5.00. The predicted octanol–water partition coefficient (Wildman–Crippen LogP) is 1.56. The summed E-state index contributed by atoms with van der Waals surface area (Å²) in [5.41, 5.74) is 1.31. The van der Waals surface area contributed by atoms with Crippen molar-refractivity contribution in [3.8, 4) is 5.75 Å². The van der Waals surface area contributed by atoms with Crippen molar-refractivity contribution in [1.82, 2.24) is 20.2 Å². The molecule has 0 amide bonds. The average Bonchev–Trinajstić information content (AvgIpc) is 3.01. The molecule has 3 rings (SSSR count). The fourth-order valence-corrected chi connectivity index (χ4v) is 2.67. The molecule has 0 spiro atoms.